The number of aromatic nitrogens is 3. The Morgan fingerprint density at radius 2 is 2.06 bits per heavy atom. The summed E-state index contributed by atoms with van der Waals surface area (Å²) in [6, 6.07) is 0. The number of aryl methyl sites for hydroxylation is 2. The first kappa shape index (κ1) is 13.2. The van der Waals surface area contributed by atoms with Crippen LogP contribution in [0, 0.1) is 11.8 Å². The largest absolute Gasteiger partial charge is 0.330 e. The van der Waals surface area contributed by atoms with Crippen LogP contribution >= 0.6 is 0 Å². The van der Waals surface area contributed by atoms with E-state index in [0.29, 0.717) is 11.8 Å². The predicted molar refractivity (Wildman–Crippen MR) is 66.1 cm³/mol. The van der Waals surface area contributed by atoms with Crippen molar-refractivity contribution < 1.29 is 0 Å². The van der Waals surface area contributed by atoms with Gasteiger partial charge in [0.15, 0.2) is 5.82 Å². The van der Waals surface area contributed by atoms with Crippen LogP contribution in [0.5, 0.6) is 0 Å². The van der Waals surface area contributed by atoms with Crippen LogP contribution in [-0.2, 0) is 19.9 Å². The lowest BCUT2D eigenvalue weighted by molar-refractivity contribution is 0.403. The SMILES string of the molecule is CCc1nc(CC(CN)CC(C)C)n(C)n1. The molecule has 4 nitrogen and oxygen atoms in total. The lowest BCUT2D eigenvalue weighted by Gasteiger charge is -2.15. The van der Waals surface area contributed by atoms with Crippen molar-refractivity contribution in [2.45, 2.75) is 40.0 Å². The molecule has 16 heavy (non-hydrogen) atoms. The number of rotatable bonds is 6. The Bertz CT molecular complexity index is 317. The molecule has 0 saturated carbocycles. The molecule has 92 valence electrons. The maximum Gasteiger partial charge on any atom is 0.150 e. The molecule has 1 atom stereocenters. The van der Waals surface area contributed by atoms with E-state index >= 15 is 0 Å². The van der Waals surface area contributed by atoms with E-state index in [-0.39, 0.29) is 0 Å². The summed E-state index contributed by atoms with van der Waals surface area (Å²) in [6.07, 6.45) is 2.99. The third kappa shape index (κ3) is 3.59. The molecule has 0 amide bonds. The van der Waals surface area contributed by atoms with Gasteiger partial charge in [0.1, 0.15) is 5.82 Å². The van der Waals surface area contributed by atoms with Gasteiger partial charge in [0, 0.05) is 19.9 Å². The lowest BCUT2D eigenvalue weighted by atomic mass is 9.94. The zero-order valence-corrected chi connectivity index (χ0v) is 10.9. The fraction of sp³-hybridized carbons (Fsp3) is 0.833. The minimum absolute atomic E-state index is 0.521. The van der Waals surface area contributed by atoms with Gasteiger partial charge in [-0.15, -0.1) is 0 Å². The molecule has 0 saturated heterocycles. The summed E-state index contributed by atoms with van der Waals surface area (Å²) < 4.78 is 1.89. The summed E-state index contributed by atoms with van der Waals surface area (Å²) in [4.78, 5) is 4.52. The summed E-state index contributed by atoms with van der Waals surface area (Å²) >= 11 is 0. The van der Waals surface area contributed by atoms with Crippen molar-refractivity contribution >= 4 is 0 Å². The average molecular weight is 224 g/mol. The molecule has 0 aliphatic heterocycles. The normalized spacial score (nSPS) is 13.4. The Hall–Kier alpha value is -0.900. The number of hydrogen-bond donors (Lipinski definition) is 1. The zero-order valence-electron chi connectivity index (χ0n) is 10.9. The molecule has 0 spiro atoms. The van der Waals surface area contributed by atoms with Gasteiger partial charge in [-0.3, -0.25) is 4.68 Å². The molecule has 0 aliphatic carbocycles. The van der Waals surface area contributed by atoms with E-state index in [4.69, 9.17) is 5.73 Å². The molecule has 4 heteroatoms. The van der Waals surface area contributed by atoms with Crippen LogP contribution in [0.3, 0.4) is 0 Å². The minimum Gasteiger partial charge on any atom is -0.330 e. The van der Waals surface area contributed by atoms with E-state index in [0.717, 1.165) is 37.5 Å². The molecule has 1 heterocycles. The molecule has 1 aromatic rings. The van der Waals surface area contributed by atoms with Gasteiger partial charge < -0.3 is 5.73 Å². The zero-order chi connectivity index (χ0) is 12.1. The van der Waals surface area contributed by atoms with E-state index in [1.807, 2.05) is 11.7 Å². The molecular formula is C12H24N4. The maximum atomic E-state index is 5.80. The van der Waals surface area contributed by atoms with Crippen LogP contribution in [-0.4, -0.2) is 21.3 Å². The fourth-order valence-electron chi connectivity index (χ4n) is 1.99. The van der Waals surface area contributed by atoms with Crippen LogP contribution < -0.4 is 5.73 Å². The Labute approximate surface area is 98.2 Å². The monoisotopic (exact) mass is 224 g/mol. The second-order valence-corrected chi connectivity index (χ2v) is 4.86. The fourth-order valence-corrected chi connectivity index (χ4v) is 1.99. The molecule has 2 N–H and O–H groups in total. The molecule has 0 aromatic carbocycles. The van der Waals surface area contributed by atoms with E-state index in [1.54, 1.807) is 0 Å². The second kappa shape index (κ2) is 5.99. The summed E-state index contributed by atoms with van der Waals surface area (Å²) in [7, 11) is 1.96. The van der Waals surface area contributed by atoms with Gasteiger partial charge in [-0.2, -0.15) is 5.10 Å². The molecule has 1 aromatic heterocycles. The smallest absolute Gasteiger partial charge is 0.150 e. The van der Waals surface area contributed by atoms with Crippen LogP contribution in [0.1, 0.15) is 38.8 Å². The Morgan fingerprint density at radius 1 is 1.38 bits per heavy atom. The van der Waals surface area contributed by atoms with Gasteiger partial charge in [0.25, 0.3) is 0 Å². The van der Waals surface area contributed by atoms with Gasteiger partial charge in [-0.25, -0.2) is 4.98 Å². The van der Waals surface area contributed by atoms with Crippen LogP contribution in [0.2, 0.25) is 0 Å². The molecular weight excluding hydrogens is 200 g/mol. The van der Waals surface area contributed by atoms with Gasteiger partial charge in [-0.05, 0) is 24.8 Å². The highest BCUT2D eigenvalue weighted by atomic mass is 15.3. The van der Waals surface area contributed by atoms with Crippen LogP contribution in [0.25, 0.3) is 0 Å². The summed E-state index contributed by atoms with van der Waals surface area (Å²) in [5.41, 5.74) is 5.80. The van der Waals surface area contributed by atoms with Crippen molar-refractivity contribution in [3.8, 4) is 0 Å². The molecule has 0 aliphatic rings. The van der Waals surface area contributed by atoms with Crippen LogP contribution in [0.4, 0.5) is 0 Å². The Balaban J connectivity index is 2.65. The summed E-state index contributed by atoms with van der Waals surface area (Å²) in [5, 5.41) is 4.36. The van der Waals surface area contributed by atoms with Crippen molar-refractivity contribution in [3.63, 3.8) is 0 Å². The van der Waals surface area contributed by atoms with Crippen molar-refractivity contribution in [3.05, 3.63) is 11.6 Å². The first-order chi connectivity index (χ1) is 7.56. The van der Waals surface area contributed by atoms with Crippen molar-refractivity contribution in [2.24, 2.45) is 24.6 Å². The van der Waals surface area contributed by atoms with Crippen LogP contribution in [0.15, 0.2) is 0 Å². The van der Waals surface area contributed by atoms with Crippen molar-refractivity contribution in [1.29, 1.82) is 0 Å². The van der Waals surface area contributed by atoms with E-state index < -0.39 is 0 Å². The van der Waals surface area contributed by atoms with E-state index in [1.165, 1.54) is 0 Å². The second-order valence-electron chi connectivity index (χ2n) is 4.86. The molecule has 0 fully saturated rings. The predicted octanol–water partition coefficient (Wildman–Crippen LogP) is 1.54. The quantitative estimate of drug-likeness (QED) is 0.797. The first-order valence-electron chi connectivity index (χ1n) is 6.15. The van der Waals surface area contributed by atoms with Gasteiger partial charge >= 0.3 is 0 Å². The molecule has 0 radical (unpaired) electrons. The Kier molecular flexibility index (Phi) is 4.93. The maximum absolute atomic E-state index is 5.80. The standard InChI is InChI=1S/C12H24N4/c1-5-11-14-12(16(4)15-11)7-10(8-13)6-9(2)3/h9-10H,5-8,13H2,1-4H3. The number of nitrogens with zero attached hydrogens (tertiary/aromatic N) is 3. The Morgan fingerprint density at radius 3 is 2.50 bits per heavy atom. The van der Waals surface area contributed by atoms with Gasteiger partial charge in [0.2, 0.25) is 0 Å². The van der Waals surface area contributed by atoms with Gasteiger partial charge in [-0.1, -0.05) is 20.8 Å². The summed E-state index contributed by atoms with van der Waals surface area (Å²) in [6.45, 7) is 7.27. The highest BCUT2D eigenvalue weighted by molar-refractivity contribution is 4.94. The molecule has 1 rings (SSSR count). The van der Waals surface area contributed by atoms with Crippen molar-refractivity contribution in [1.82, 2.24) is 14.8 Å². The minimum atomic E-state index is 0.521. The average Bonchev–Trinajstić information content (AvgIpc) is 2.58. The molecule has 1 unspecified atom stereocenters. The number of hydrogen-bond acceptors (Lipinski definition) is 3. The third-order valence-electron chi connectivity index (χ3n) is 2.82. The highest BCUT2D eigenvalue weighted by Gasteiger charge is 2.14. The topological polar surface area (TPSA) is 56.7 Å². The molecule has 0 bridgehead atoms. The number of nitrogens with two attached hydrogens (primary N) is 1. The third-order valence-corrected chi connectivity index (χ3v) is 2.82. The first-order valence-corrected chi connectivity index (χ1v) is 6.15. The van der Waals surface area contributed by atoms with E-state index in [9.17, 15) is 0 Å². The van der Waals surface area contributed by atoms with Gasteiger partial charge in [0.05, 0.1) is 0 Å². The van der Waals surface area contributed by atoms with Crippen molar-refractivity contribution in [2.75, 3.05) is 6.54 Å². The summed E-state index contributed by atoms with van der Waals surface area (Å²) in [5.74, 6) is 3.20. The van der Waals surface area contributed by atoms with E-state index in [2.05, 4.69) is 30.9 Å². The highest BCUT2D eigenvalue weighted by Crippen LogP contribution is 2.15. The lowest BCUT2D eigenvalue weighted by Crippen LogP contribution is -2.20.